The number of Topliss-reactive ketones (excluding diaryl/α,β-unsaturated/α-hetero) is 1. The van der Waals surface area contributed by atoms with E-state index in [1.807, 2.05) is 30.3 Å². The number of esters is 1. The van der Waals surface area contributed by atoms with Gasteiger partial charge in [0.05, 0.1) is 0 Å². The summed E-state index contributed by atoms with van der Waals surface area (Å²) in [5, 5.41) is 2.40. The Balaban J connectivity index is 1.41. The number of fused-ring (bicyclic) bond motifs is 1. The van der Waals surface area contributed by atoms with Gasteiger partial charge in [0, 0.05) is 11.6 Å². The van der Waals surface area contributed by atoms with E-state index in [-0.39, 0.29) is 19.1 Å². The van der Waals surface area contributed by atoms with Crippen LogP contribution in [0.25, 0.3) is 6.08 Å². The Kier molecular flexibility index (Phi) is 5.84. The van der Waals surface area contributed by atoms with Crippen LogP contribution in [-0.4, -0.2) is 37.6 Å². The van der Waals surface area contributed by atoms with E-state index in [9.17, 15) is 14.4 Å². The summed E-state index contributed by atoms with van der Waals surface area (Å²) >= 11 is 0. The predicted octanol–water partition coefficient (Wildman–Crippen LogP) is 1.97. The molecule has 138 valence electrons. The van der Waals surface area contributed by atoms with Gasteiger partial charge >= 0.3 is 5.97 Å². The molecule has 2 aromatic rings. The molecule has 0 aliphatic carbocycles. The van der Waals surface area contributed by atoms with Crippen molar-refractivity contribution in [3.63, 3.8) is 0 Å². The van der Waals surface area contributed by atoms with E-state index in [1.54, 1.807) is 18.2 Å². The van der Waals surface area contributed by atoms with Gasteiger partial charge in [-0.2, -0.15) is 0 Å². The van der Waals surface area contributed by atoms with Crippen molar-refractivity contribution in [1.29, 1.82) is 0 Å². The topological polar surface area (TPSA) is 90.9 Å². The Bertz CT molecular complexity index is 875. The summed E-state index contributed by atoms with van der Waals surface area (Å²) in [6.07, 6.45) is 2.95. The summed E-state index contributed by atoms with van der Waals surface area (Å²) < 4.78 is 15.3. The van der Waals surface area contributed by atoms with E-state index < -0.39 is 18.5 Å². The van der Waals surface area contributed by atoms with Crippen molar-refractivity contribution in [2.24, 2.45) is 0 Å². The number of carbonyl (C=O) groups is 3. The highest BCUT2D eigenvalue weighted by Gasteiger charge is 2.17. The molecule has 1 aliphatic rings. The van der Waals surface area contributed by atoms with Crippen LogP contribution in [0, 0.1) is 0 Å². The first kappa shape index (κ1) is 18.2. The summed E-state index contributed by atoms with van der Waals surface area (Å²) in [5.41, 5.74) is 1.21. The number of nitrogens with one attached hydrogen (secondary N) is 1. The molecule has 0 saturated carbocycles. The van der Waals surface area contributed by atoms with E-state index >= 15 is 0 Å². The van der Waals surface area contributed by atoms with Gasteiger partial charge in [-0.05, 0) is 29.8 Å². The molecule has 1 heterocycles. The average molecular weight is 367 g/mol. The Hall–Kier alpha value is -3.61. The van der Waals surface area contributed by atoms with Gasteiger partial charge in [0.15, 0.2) is 23.9 Å². The second kappa shape index (κ2) is 8.66. The number of rotatable bonds is 7. The van der Waals surface area contributed by atoms with Gasteiger partial charge in [-0.3, -0.25) is 14.4 Å². The highest BCUT2D eigenvalue weighted by Crippen LogP contribution is 2.32. The highest BCUT2D eigenvalue weighted by atomic mass is 16.7. The van der Waals surface area contributed by atoms with Crippen LogP contribution in [0.15, 0.2) is 54.6 Å². The van der Waals surface area contributed by atoms with Crippen molar-refractivity contribution >= 4 is 23.7 Å². The highest BCUT2D eigenvalue weighted by molar-refractivity contribution is 5.99. The van der Waals surface area contributed by atoms with Crippen molar-refractivity contribution in [1.82, 2.24) is 5.32 Å². The minimum atomic E-state index is -0.703. The lowest BCUT2D eigenvalue weighted by molar-refractivity contribution is -0.142. The minimum absolute atomic E-state index is 0.111. The molecule has 0 atom stereocenters. The third-order valence-corrected chi connectivity index (χ3v) is 3.69. The van der Waals surface area contributed by atoms with E-state index in [2.05, 4.69) is 5.32 Å². The molecule has 2 aromatic carbocycles. The smallest absolute Gasteiger partial charge is 0.325 e. The Morgan fingerprint density at radius 3 is 2.63 bits per heavy atom. The van der Waals surface area contributed by atoms with Crippen molar-refractivity contribution < 1.29 is 28.6 Å². The zero-order valence-corrected chi connectivity index (χ0v) is 14.3. The first-order valence-electron chi connectivity index (χ1n) is 8.21. The molecule has 0 bridgehead atoms. The molecule has 0 unspecified atom stereocenters. The third kappa shape index (κ3) is 5.18. The zero-order chi connectivity index (χ0) is 19.1. The molecular formula is C20H17NO6. The number of hydrogen-bond acceptors (Lipinski definition) is 6. The molecule has 1 aliphatic heterocycles. The largest absolute Gasteiger partial charge is 0.456 e. The molecule has 7 nitrogen and oxygen atoms in total. The van der Waals surface area contributed by atoms with Crippen LogP contribution in [0.1, 0.15) is 15.9 Å². The fourth-order valence-corrected chi connectivity index (χ4v) is 2.30. The van der Waals surface area contributed by atoms with Gasteiger partial charge in [-0.1, -0.05) is 30.3 Å². The summed E-state index contributed by atoms with van der Waals surface area (Å²) in [6.45, 7) is -0.638. The van der Waals surface area contributed by atoms with E-state index in [0.29, 0.717) is 17.1 Å². The third-order valence-electron chi connectivity index (χ3n) is 3.69. The van der Waals surface area contributed by atoms with Gasteiger partial charge < -0.3 is 19.5 Å². The molecule has 0 fully saturated rings. The van der Waals surface area contributed by atoms with Crippen molar-refractivity contribution in [3.05, 3.63) is 65.7 Å². The van der Waals surface area contributed by atoms with Crippen LogP contribution in [0.4, 0.5) is 0 Å². The molecule has 0 aromatic heterocycles. The number of hydrogen-bond donors (Lipinski definition) is 1. The summed E-state index contributed by atoms with van der Waals surface area (Å²) in [7, 11) is 0. The lowest BCUT2D eigenvalue weighted by Gasteiger charge is -2.05. The maximum Gasteiger partial charge on any atom is 0.325 e. The van der Waals surface area contributed by atoms with E-state index in [0.717, 1.165) is 5.56 Å². The van der Waals surface area contributed by atoms with Crippen LogP contribution < -0.4 is 14.8 Å². The maximum absolute atomic E-state index is 12.1. The monoisotopic (exact) mass is 367 g/mol. The summed E-state index contributed by atoms with van der Waals surface area (Å²) in [4.78, 5) is 35.5. The average Bonchev–Trinajstić information content (AvgIpc) is 3.17. The summed E-state index contributed by atoms with van der Waals surface area (Å²) in [5.74, 6) is -0.472. The molecule has 0 saturated heterocycles. The lowest BCUT2D eigenvalue weighted by Crippen LogP contribution is -2.30. The first-order valence-corrected chi connectivity index (χ1v) is 8.21. The van der Waals surface area contributed by atoms with Crippen LogP contribution in [0.3, 0.4) is 0 Å². The molecule has 0 spiro atoms. The Morgan fingerprint density at radius 2 is 1.81 bits per heavy atom. The molecule has 0 radical (unpaired) electrons. The first-order chi connectivity index (χ1) is 13.1. The maximum atomic E-state index is 12.1. The molecule has 7 heteroatoms. The fourth-order valence-electron chi connectivity index (χ4n) is 2.30. The number of ether oxygens (including phenoxy) is 3. The fraction of sp³-hybridized carbons (Fsp3) is 0.150. The second-order valence-corrected chi connectivity index (χ2v) is 5.61. The van der Waals surface area contributed by atoms with Gasteiger partial charge in [0.1, 0.15) is 6.54 Å². The van der Waals surface area contributed by atoms with Gasteiger partial charge in [-0.25, -0.2) is 0 Å². The lowest BCUT2D eigenvalue weighted by atomic mass is 10.1. The molecular weight excluding hydrogens is 350 g/mol. The molecule has 1 amide bonds. The Morgan fingerprint density at radius 1 is 1.04 bits per heavy atom. The quantitative estimate of drug-likeness (QED) is 0.457. The molecule has 27 heavy (non-hydrogen) atoms. The van der Waals surface area contributed by atoms with Crippen molar-refractivity contribution in [2.45, 2.75) is 0 Å². The normalized spacial score (nSPS) is 12.0. The minimum Gasteiger partial charge on any atom is -0.456 e. The van der Waals surface area contributed by atoms with Crippen LogP contribution >= 0.6 is 0 Å². The standard InChI is InChI=1S/C20H17NO6/c22-16(15-7-8-17-18(10-15)27-13-26-17)12-25-20(24)11-21-19(23)9-6-14-4-2-1-3-5-14/h1-10H,11-13H2,(H,21,23). The van der Waals surface area contributed by atoms with Crippen LogP contribution in [0.2, 0.25) is 0 Å². The number of benzene rings is 2. The second-order valence-electron chi connectivity index (χ2n) is 5.61. The number of amides is 1. The van der Waals surface area contributed by atoms with Gasteiger partial charge in [0.25, 0.3) is 0 Å². The van der Waals surface area contributed by atoms with Gasteiger partial charge in [-0.15, -0.1) is 0 Å². The molecule has 1 N–H and O–H groups in total. The molecule has 3 rings (SSSR count). The predicted molar refractivity (Wildman–Crippen MR) is 96.3 cm³/mol. The van der Waals surface area contributed by atoms with Crippen molar-refractivity contribution in [3.8, 4) is 11.5 Å². The van der Waals surface area contributed by atoms with Crippen LogP contribution in [-0.2, 0) is 14.3 Å². The Labute approximate surface area is 155 Å². The van der Waals surface area contributed by atoms with E-state index in [1.165, 1.54) is 12.1 Å². The van der Waals surface area contributed by atoms with Crippen molar-refractivity contribution in [2.75, 3.05) is 19.9 Å². The number of ketones is 1. The van der Waals surface area contributed by atoms with E-state index in [4.69, 9.17) is 14.2 Å². The number of carbonyl (C=O) groups excluding carboxylic acids is 3. The van der Waals surface area contributed by atoms with Crippen LogP contribution in [0.5, 0.6) is 11.5 Å². The summed E-state index contributed by atoms with van der Waals surface area (Å²) in [6, 6.07) is 14.0. The SMILES string of the molecule is O=C(C=Cc1ccccc1)NCC(=O)OCC(=O)c1ccc2c(c1)OCO2. The zero-order valence-electron chi connectivity index (χ0n) is 14.3. The van der Waals surface area contributed by atoms with Gasteiger partial charge in [0.2, 0.25) is 12.7 Å².